The highest BCUT2D eigenvalue weighted by Crippen LogP contribution is 2.35. The highest BCUT2D eigenvalue weighted by atomic mass is 35.5. The fourth-order valence-corrected chi connectivity index (χ4v) is 2.24. The maximum Gasteiger partial charge on any atom is 0.255 e. The van der Waals surface area contributed by atoms with Crippen molar-refractivity contribution in [2.45, 2.75) is 0 Å². The number of halogens is 2. The van der Waals surface area contributed by atoms with Gasteiger partial charge in [0.2, 0.25) is 0 Å². The number of aromatic hydroxyl groups is 3. The van der Waals surface area contributed by atoms with E-state index in [0.717, 1.165) is 18.2 Å². The van der Waals surface area contributed by atoms with Gasteiger partial charge in [-0.25, -0.2) is 4.39 Å². The zero-order chi connectivity index (χ0) is 18.6. The van der Waals surface area contributed by atoms with Crippen LogP contribution in [0.3, 0.4) is 0 Å². The number of carbonyl (C=O) groups is 2. The predicted molar refractivity (Wildman–Crippen MR) is 87.5 cm³/mol. The van der Waals surface area contributed by atoms with E-state index in [1.54, 1.807) is 0 Å². The Bertz CT molecular complexity index is 785. The molecule has 5 N–H and O–H groups in total. The minimum Gasteiger partial charge on any atom is -0.504 e. The van der Waals surface area contributed by atoms with Gasteiger partial charge in [-0.15, -0.1) is 0 Å². The first kappa shape index (κ1) is 18.3. The van der Waals surface area contributed by atoms with E-state index < -0.39 is 34.9 Å². The largest absolute Gasteiger partial charge is 0.504 e. The molecule has 9 heteroatoms. The lowest BCUT2D eigenvalue weighted by atomic mass is 10.1. The number of rotatable bonds is 5. The van der Waals surface area contributed by atoms with E-state index in [1.165, 1.54) is 12.1 Å². The molecule has 0 aliphatic heterocycles. The summed E-state index contributed by atoms with van der Waals surface area (Å²) in [7, 11) is 0. The summed E-state index contributed by atoms with van der Waals surface area (Å²) >= 11 is 5.77. The third-order valence-electron chi connectivity index (χ3n) is 3.22. The summed E-state index contributed by atoms with van der Waals surface area (Å²) in [5.74, 6) is -4.16. The predicted octanol–water partition coefficient (Wildman–Crippen LogP) is 1.76. The number of nitrogens with one attached hydrogen (secondary N) is 2. The monoisotopic (exact) mass is 368 g/mol. The minimum absolute atomic E-state index is 0.000947. The van der Waals surface area contributed by atoms with Crippen LogP contribution in [0.4, 0.5) is 4.39 Å². The Labute approximate surface area is 146 Å². The van der Waals surface area contributed by atoms with Crippen LogP contribution in [0.5, 0.6) is 17.2 Å². The fraction of sp³-hybridized carbons (Fsp3) is 0.125. The molecule has 25 heavy (non-hydrogen) atoms. The third kappa shape index (κ3) is 4.30. The number of benzene rings is 2. The maximum absolute atomic E-state index is 13.6. The van der Waals surface area contributed by atoms with Gasteiger partial charge in [0.1, 0.15) is 5.82 Å². The van der Waals surface area contributed by atoms with Crippen molar-refractivity contribution >= 4 is 23.4 Å². The van der Waals surface area contributed by atoms with Gasteiger partial charge in [-0.3, -0.25) is 9.59 Å². The SMILES string of the molecule is O=C(NCCNC(=O)c1c(F)cccc1Cl)c1cc(O)c(O)c(O)c1. The van der Waals surface area contributed by atoms with Gasteiger partial charge in [-0.2, -0.15) is 0 Å². The van der Waals surface area contributed by atoms with Crippen LogP contribution in [0.2, 0.25) is 5.02 Å². The summed E-state index contributed by atoms with van der Waals surface area (Å²) in [5.41, 5.74) is -0.375. The zero-order valence-corrected chi connectivity index (χ0v) is 13.5. The van der Waals surface area contributed by atoms with E-state index in [4.69, 9.17) is 11.6 Å². The molecular formula is C16H14ClFN2O5. The van der Waals surface area contributed by atoms with Crippen LogP contribution in [-0.4, -0.2) is 40.2 Å². The number of amides is 2. The molecule has 0 saturated carbocycles. The smallest absolute Gasteiger partial charge is 0.255 e. The van der Waals surface area contributed by atoms with Gasteiger partial charge in [0.05, 0.1) is 10.6 Å². The first-order chi connectivity index (χ1) is 11.8. The molecule has 2 rings (SSSR count). The highest BCUT2D eigenvalue weighted by molar-refractivity contribution is 6.33. The molecule has 0 aliphatic rings. The lowest BCUT2D eigenvalue weighted by molar-refractivity contribution is 0.0925. The molecule has 2 aromatic carbocycles. The number of carbonyl (C=O) groups excluding carboxylic acids is 2. The molecule has 132 valence electrons. The summed E-state index contributed by atoms with van der Waals surface area (Å²) in [6.45, 7) is -0.00959. The molecule has 0 atom stereocenters. The molecular weight excluding hydrogens is 355 g/mol. The van der Waals surface area contributed by atoms with E-state index in [-0.39, 0.29) is 29.2 Å². The summed E-state index contributed by atoms with van der Waals surface area (Å²) in [4.78, 5) is 23.8. The standard InChI is InChI=1S/C16H14ClFN2O5/c17-9-2-1-3-10(18)13(9)16(25)20-5-4-19-15(24)8-6-11(21)14(23)12(22)7-8/h1-3,6-7,21-23H,4-5H2,(H,19,24)(H,20,25). The van der Waals surface area contributed by atoms with Crippen molar-refractivity contribution in [3.8, 4) is 17.2 Å². The number of phenols is 3. The van der Waals surface area contributed by atoms with Crippen LogP contribution in [0.15, 0.2) is 30.3 Å². The van der Waals surface area contributed by atoms with E-state index in [9.17, 15) is 29.3 Å². The lowest BCUT2D eigenvalue weighted by Gasteiger charge is -2.09. The van der Waals surface area contributed by atoms with Gasteiger partial charge in [0, 0.05) is 18.7 Å². The van der Waals surface area contributed by atoms with E-state index in [0.29, 0.717) is 0 Å². The number of phenolic OH excluding ortho intramolecular Hbond substituents is 3. The molecule has 0 aliphatic carbocycles. The fourth-order valence-electron chi connectivity index (χ4n) is 1.99. The summed E-state index contributed by atoms with van der Waals surface area (Å²) in [6, 6.07) is 5.80. The van der Waals surface area contributed by atoms with Crippen LogP contribution < -0.4 is 10.6 Å². The normalized spacial score (nSPS) is 10.3. The van der Waals surface area contributed by atoms with Crippen molar-refractivity contribution < 1.29 is 29.3 Å². The Morgan fingerprint density at radius 1 is 1.00 bits per heavy atom. The number of hydrogen-bond acceptors (Lipinski definition) is 5. The topological polar surface area (TPSA) is 119 Å². The summed E-state index contributed by atoms with van der Waals surface area (Å²) < 4.78 is 13.6. The molecule has 0 spiro atoms. The molecule has 0 saturated heterocycles. The molecule has 7 nitrogen and oxygen atoms in total. The van der Waals surface area contributed by atoms with Gasteiger partial charge in [0.15, 0.2) is 17.2 Å². The van der Waals surface area contributed by atoms with Crippen molar-refractivity contribution in [1.29, 1.82) is 0 Å². The minimum atomic E-state index is -0.760. The van der Waals surface area contributed by atoms with Gasteiger partial charge in [-0.1, -0.05) is 17.7 Å². The Kier molecular flexibility index (Phi) is 5.66. The highest BCUT2D eigenvalue weighted by Gasteiger charge is 2.16. The average Bonchev–Trinajstić information content (AvgIpc) is 2.55. The second-order valence-electron chi connectivity index (χ2n) is 4.97. The third-order valence-corrected chi connectivity index (χ3v) is 3.53. The lowest BCUT2D eigenvalue weighted by Crippen LogP contribution is -2.35. The molecule has 2 aromatic rings. The Morgan fingerprint density at radius 3 is 2.12 bits per heavy atom. The Balaban J connectivity index is 1.89. The molecule has 0 aromatic heterocycles. The number of hydrogen-bond donors (Lipinski definition) is 5. The molecule has 0 heterocycles. The molecule has 0 fully saturated rings. The molecule has 0 bridgehead atoms. The maximum atomic E-state index is 13.6. The van der Waals surface area contributed by atoms with Crippen LogP contribution in [-0.2, 0) is 0 Å². The van der Waals surface area contributed by atoms with Crippen LogP contribution >= 0.6 is 11.6 Å². The summed E-state index contributed by atoms with van der Waals surface area (Å²) in [6.07, 6.45) is 0. The van der Waals surface area contributed by atoms with Crippen LogP contribution in [0, 0.1) is 5.82 Å². The first-order valence-electron chi connectivity index (χ1n) is 7.06. The second-order valence-corrected chi connectivity index (χ2v) is 5.38. The molecule has 0 unspecified atom stereocenters. The van der Waals surface area contributed by atoms with Crippen molar-refractivity contribution in [2.24, 2.45) is 0 Å². The molecule has 2 amide bonds. The van der Waals surface area contributed by atoms with Gasteiger partial charge < -0.3 is 26.0 Å². The van der Waals surface area contributed by atoms with Crippen molar-refractivity contribution in [2.75, 3.05) is 13.1 Å². The van der Waals surface area contributed by atoms with Gasteiger partial charge >= 0.3 is 0 Å². The van der Waals surface area contributed by atoms with Crippen molar-refractivity contribution in [3.05, 3.63) is 52.3 Å². The van der Waals surface area contributed by atoms with Gasteiger partial charge in [0.25, 0.3) is 11.8 Å². The summed E-state index contributed by atoms with van der Waals surface area (Å²) in [5, 5.41) is 32.7. The first-order valence-corrected chi connectivity index (χ1v) is 7.44. The Hall–Kier alpha value is -3.00. The van der Waals surface area contributed by atoms with E-state index in [2.05, 4.69) is 10.6 Å². The second kappa shape index (κ2) is 7.71. The van der Waals surface area contributed by atoms with Crippen LogP contribution in [0.25, 0.3) is 0 Å². The zero-order valence-electron chi connectivity index (χ0n) is 12.7. The van der Waals surface area contributed by atoms with Gasteiger partial charge in [-0.05, 0) is 24.3 Å². The van der Waals surface area contributed by atoms with Crippen LogP contribution in [0.1, 0.15) is 20.7 Å². The Morgan fingerprint density at radius 2 is 1.56 bits per heavy atom. The van der Waals surface area contributed by atoms with E-state index in [1.807, 2.05) is 0 Å². The van der Waals surface area contributed by atoms with Crippen molar-refractivity contribution in [1.82, 2.24) is 10.6 Å². The van der Waals surface area contributed by atoms with Crippen molar-refractivity contribution in [3.63, 3.8) is 0 Å². The van der Waals surface area contributed by atoms with E-state index >= 15 is 0 Å². The quantitative estimate of drug-likeness (QED) is 0.407. The average molecular weight is 369 g/mol. The molecule has 0 radical (unpaired) electrons.